The molecule has 0 aliphatic carbocycles. The number of aliphatic hydroxyl groups is 1. The number of rotatable bonds is 10. The molecule has 0 amide bonds. The van der Waals surface area contributed by atoms with Crippen LogP contribution in [-0.2, 0) is 6.42 Å². The maximum atomic E-state index is 10.2. The average molecular weight is 501 g/mol. The zero-order valence-corrected chi connectivity index (χ0v) is 19.2. The lowest BCUT2D eigenvalue weighted by molar-refractivity contribution is 0.168. The Morgan fingerprint density at radius 1 is 1.21 bits per heavy atom. The Kier molecular flexibility index (Phi) is 11.7. The van der Waals surface area contributed by atoms with E-state index in [-0.39, 0.29) is 29.9 Å². The summed E-state index contributed by atoms with van der Waals surface area (Å²) in [5, 5.41) is 20.7. The first-order valence-electron chi connectivity index (χ1n) is 9.67. The molecule has 0 aliphatic heterocycles. The molecule has 1 heterocycles. The predicted octanol–water partition coefficient (Wildman–Crippen LogP) is 3.42. The van der Waals surface area contributed by atoms with E-state index in [1.165, 1.54) is 0 Å². The minimum Gasteiger partial charge on any atom is -0.388 e. The van der Waals surface area contributed by atoms with Crippen molar-refractivity contribution in [2.24, 2.45) is 4.99 Å². The number of hydrogen-bond acceptors (Lipinski definition) is 5. The van der Waals surface area contributed by atoms with Gasteiger partial charge in [0.25, 0.3) is 0 Å². The third-order valence-corrected chi connectivity index (χ3v) is 4.06. The van der Waals surface area contributed by atoms with E-state index in [1.807, 2.05) is 51.1 Å². The standard InChI is InChI=1S/C20H31N5O2.HI/c1-4-21-20(23-14-12-17(26)16-9-6-5-7-10-16)22-13-8-11-18-24-19(15(2)3)25-27-18;/h5-7,9-10,15,17,26H,4,8,11-14H2,1-3H3,(H2,21,22,23);1H. The van der Waals surface area contributed by atoms with Gasteiger partial charge in [0.15, 0.2) is 11.8 Å². The number of benzene rings is 1. The van der Waals surface area contributed by atoms with E-state index in [1.54, 1.807) is 0 Å². The van der Waals surface area contributed by atoms with Crippen LogP contribution in [0.2, 0.25) is 0 Å². The van der Waals surface area contributed by atoms with Gasteiger partial charge in [0.1, 0.15) is 0 Å². The van der Waals surface area contributed by atoms with Gasteiger partial charge in [-0.3, -0.25) is 4.99 Å². The average Bonchev–Trinajstić information content (AvgIpc) is 3.15. The van der Waals surface area contributed by atoms with Gasteiger partial charge < -0.3 is 20.3 Å². The first-order chi connectivity index (χ1) is 13.1. The van der Waals surface area contributed by atoms with Crippen molar-refractivity contribution in [1.29, 1.82) is 0 Å². The Morgan fingerprint density at radius 3 is 2.61 bits per heavy atom. The van der Waals surface area contributed by atoms with Gasteiger partial charge in [-0.1, -0.05) is 49.3 Å². The molecule has 8 heteroatoms. The van der Waals surface area contributed by atoms with Crippen LogP contribution in [0.1, 0.15) is 62.9 Å². The Bertz CT molecular complexity index is 691. The SMILES string of the molecule is CCNC(=NCCCc1nc(C(C)C)no1)NCCC(O)c1ccccc1.I. The molecule has 0 saturated carbocycles. The van der Waals surface area contributed by atoms with E-state index in [0.717, 1.165) is 36.7 Å². The largest absolute Gasteiger partial charge is 0.388 e. The van der Waals surface area contributed by atoms with Crippen LogP contribution in [0.15, 0.2) is 39.8 Å². The fourth-order valence-electron chi connectivity index (χ4n) is 2.54. The molecule has 28 heavy (non-hydrogen) atoms. The lowest BCUT2D eigenvalue weighted by Gasteiger charge is -2.14. The molecule has 3 N–H and O–H groups in total. The Balaban J connectivity index is 0.00000392. The maximum Gasteiger partial charge on any atom is 0.226 e. The number of aromatic nitrogens is 2. The number of aryl methyl sites for hydroxylation is 1. The van der Waals surface area contributed by atoms with Crippen LogP contribution in [0.5, 0.6) is 0 Å². The molecule has 0 radical (unpaired) electrons. The molecule has 0 spiro atoms. The number of guanidine groups is 1. The zero-order chi connectivity index (χ0) is 19.5. The van der Waals surface area contributed by atoms with Crippen molar-refractivity contribution in [2.45, 2.75) is 52.1 Å². The van der Waals surface area contributed by atoms with Gasteiger partial charge in [-0.15, -0.1) is 24.0 Å². The van der Waals surface area contributed by atoms with Crippen LogP contribution in [-0.4, -0.2) is 40.8 Å². The highest BCUT2D eigenvalue weighted by Crippen LogP contribution is 2.14. The maximum absolute atomic E-state index is 10.2. The Labute approximate surface area is 184 Å². The van der Waals surface area contributed by atoms with Crippen molar-refractivity contribution in [3.05, 3.63) is 47.6 Å². The van der Waals surface area contributed by atoms with Gasteiger partial charge in [0, 0.05) is 32.0 Å². The molecule has 0 aliphatic rings. The lowest BCUT2D eigenvalue weighted by Crippen LogP contribution is -2.38. The summed E-state index contributed by atoms with van der Waals surface area (Å²) in [6.07, 6.45) is 1.70. The summed E-state index contributed by atoms with van der Waals surface area (Å²) in [6, 6.07) is 9.69. The molecule has 1 aromatic heterocycles. The molecule has 1 aromatic carbocycles. The second-order valence-corrected chi connectivity index (χ2v) is 6.71. The van der Waals surface area contributed by atoms with E-state index < -0.39 is 6.10 Å². The fourth-order valence-corrected chi connectivity index (χ4v) is 2.54. The Morgan fingerprint density at radius 2 is 1.96 bits per heavy atom. The molecule has 0 fully saturated rings. The topological polar surface area (TPSA) is 95.6 Å². The monoisotopic (exact) mass is 501 g/mol. The number of aliphatic hydroxyl groups excluding tert-OH is 1. The van der Waals surface area contributed by atoms with Crippen molar-refractivity contribution < 1.29 is 9.63 Å². The highest BCUT2D eigenvalue weighted by molar-refractivity contribution is 14.0. The predicted molar refractivity (Wildman–Crippen MR) is 122 cm³/mol. The van der Waals surface area contributed by atoms with Gasteiger partial charge in [0.05, 0.1) is 6.10 Å². The number of halogens is 1. The van der Waals surface area contributed by atoms with Crippen molar-refractivity contribution in [3.63, 3.8) is 0 Å². The molecule has 1 atom stereocenters. The highest BCUT2D eigenvalue weighted by Gasteiger charge is 2.09. The molecular formula is C20H32IN5O2. The van der Waals surface area contributed by atoms with E-state index in [2.05, 4.69) is 25.8 Å². The normalized spacial score (nSPS) is 12.5. The summed E-state index contributed by atoms with van der Waals surface area (Å²) >= 11 is 0. The van der Waals surface area contributed by atoms with Crippen molar-refractivity contribution in [2.75, 3.05) is 19.6 Å². The Hall–Kier alpha value is -1.68. The molecule has 2 aromatic rings. The molecule has 7 nitrogen and oxygen atoms in total. The second-order valence-electron chi connectivity index (χ2n) is 6.71. The third kappa shape index (κ3) is 8.55. The van der Waals surface area contributed by atoms with Crippen molar-refractivity contribution in [1.82, 2.24) is 20.8 Å². The summed E-state index contributed by atoms with van der Waals surface area (Å²) in [5.74, 6) is 2.45. The number of hydrogen-bond donors (Lipinski definition) is 3. The van der Waals surface area contributed by atoms with Crippen LogP contribution >= 0.6 is 24.0 Å². The smallest absolute Gasteiger partial charge is 0.226 e. The number of aliphatic imine (C=N–C) groups is 1. The summed E-state index contributed by atoms with van der Waals surface area (Å²) in [5.41, 5.74) is 0.932. The quantitative estimate of drug-likeness (QED) is 0.200. The van der Waals surface area contributed by atoms with Crippen molar-refractivity contribution >= 4 is 29.9 Å². The van der Waals surface area contributed by atoms with Crippen LogP contribution in [0, 0.1) is 0 Å². The third-order valence-electron chi connectivity index (χ3n) is 4.06. The van der Waals surface area contributed by atoms with E-state index >= 15 is 0 Å². The molecule has 1 unspecified atom stereocenters. The van der Waals surface area contributed by atoms with Gasteiger partial charge in [-0.25, -0.2) is 0 Å². The van der Waals surface area contributed by atoms with Crippen molar-refractivity contribution in [3.8, 4) is 0 Å². The van der Waals surface area contributed by atoms with Gasteiger partial charge in [0.2, 0.25) is 5.89 Å². The van der Waals surface area contributed by atoms with Crippen LogP contribution in [0.3, 0.4) is 0 Å². The van der Waals surface area contributed by atoms with Gasteiger partial charge >= 0.3 is 0 Å². The summed E-state index contributed by atoms with van der Waals surface area (Å²) in [6.45, 7) is 8.21. The van der Waals surface area contributed by atoms with E-state index in [9.17, 15) is 5.11 Å². The molecule has 156 valence electrons. The minimum absolute atomic E-state index is 0. The lowest BCUT2D eigenvalue weighted by atomic mass is 10.1. The first kappa shape index (κ1) is 24.4. The molecule has 0 bridgehead atoms. The summed E-state index contributed by atoms with van der Waals surface area (Å²) in [7, 11) is 0. The molecule has 0 saturated heterocycles. The highest BCUT2D eigenvalue weighted by atomic mass is 127. The van der Waals surface area contributed by atoms with Crippen LogP contribution in [0.25, 0.3) is 0 Å². The summed E-state index contributed by atoms with van der Waals surface area (Å²) in [4.78, 5) is 8.94. The summed E-state index contributed by atoms with van der Waals surface area (Å²) < 4.78 is 5.25. The van der Waals surface area contributed by atoms with Crippen LogP contribution in [0.4, 0.5) is 0 Å². The molecular weight excluding hydrogens is 469 g/mol. The fraction of sp³-hybridized carbons (Fsp3) is 0.550. The molecule has 2 rings (SSSR count). The van der Waals surface area contributed by atoms with Crippen LogP contribution < -0.4 is 10.6 Å². The van der Waals surface area contributed by atoms with E-state index in [4.69, 9.17) is 4.52 Å². The minimum atomic E-state index is -0.478. The van der Waals surface area contributed by atoms with Gasteiger partial charge in [-0.2, -0.15) is 4.98 Å². The van der Waals surface area contributed by atoms with E-state index in [0.29, 0.717) is 25.4 Å². The van der Waals surface area contributed by atoms with Gasteiger partial charge in [-0.05, 0) is 25.3 Å². The number of nitrogens with zero attached hydrogens (tertiary/aromatic N) is 3. The zero-order valence-electron chi connectivity index (χ0n) is 16.9. The number of nitrogens with one attached hydrogen (secondary N) is 2. The first-order valence-corrected chi connectivity index (χ1v) is 9.67. The second kappa shape index (κ2) is 13.5.